The lowest BCUT2D eigenvalue weighted by Crippen LogP contribution is -2.31. The molecule has 0 bridgehead atoms. The van der Waals surface area contributed by atoms with E-state index in [0.717, 1.165) is 16.8 Å². The van der Waals surface area contributed by atoms with Crippen LogP contribution in [0.4, 0.5) is 5.69 Å². The first-order valence-corrected chi connectivity index (χ1v) is 6.69. The summed E-state index contributed by atoms with van der Waals surface area (Å²) >= 11 is 0. The van der Waals surface area contributed by atoms with Crippen LogP contribution >= 0.6 is 0 Å². The molecule has 1 heterocycles. The molecule has 0 atom stereocenters. The molecule has 0 unspecified atom stereocenters. The van der Waals surface area contributed by atoms with Crippen LogP contribution in [0, 0.1) is 6.92 Å². The topological polar surface area (TPSA) is 59.2 Å². The van der Waals surface area contributed by atoms with Crippen molar-refractivity contribution in [3.8, 4) is 0 Å². The second-order valence-corrected chi connectivity index (χ2v) is 4.59. The highest BCUT2D eigenvalue weighted by molar-refractivity contribution is 6.05. The molecule has 104 valence electrons. The molecule has 0 radical (unpaired) electrons. The molecule has 1 aromatic heterocycles. The van der Waals surface area contributed by atoms with Crippen LogP contribution in [0.1, 0.15) is 28.5 Å². The quantitative estimate of drug-likeness (QED) is 0.927. The van der Waals surface area contributed by atoms with Crippen LogP contribution in [0.15, 0.2) is 42.6 Å². The Labute approximate surface area is 119 Å². The highest BCUT2D eigenvalue weighted by Gasteiger charge is 2.18. The predicted octanol–water partition coefficient (Wildman–Crippen LogP) is 2.52. The monoisotopic (exact) mass is 269 g/mol. The molecule has 0 aliphatic rings. The Bertz CT molecular complexity index is 593. The number of hydrogen-bond donors (Lipinski definition) is 1. The summed E-state index contributed by atoms with van der Waals surface area (Å²) < 4.78 is 0. The third-order valence-electron chi connectivity index (χ3n) is 3.25. The van der Waals surface area contributed by atoms with Gasteiger partial charge in [-0.3, -0.25) is 9.78 Å². The fourth-order valence-electron chi connectivity index (χ4n) is 2.10. The van der Waals surface area contributed by atoms with Crippen molar-refractivity contribution in [1.82, 2.24) is 4.98 Å². The number of amides is 1. The second kappa shape index (κ2) is 6.30. The van der Waals surface area contributed by atoms with Gasteiger partial charge in [0.15, 0.2) is 0 Å². The van der Waals surface area contributed by atoms with E-state index in [9.17, 15) is 4.79 Å². The highest BCUT2D eigenvalue weighted by atomic mass is 16.2. The first kappa shape index (κ1) is 14.2. The zero-order valence-corrected chi connectivity index (χ0v) is 11.8. The average Bonchev–Trinajstić information content (AvgIpc) is 2.50. The van der Waals surface area contributed by atoms with Gasteiger partial charge in [-0.1, -0.05) is 24.3 Å². The van der Waals surface area contributed by atoms with Crippen LogP contribution in [-0.4, -0.2) is 17.4 Å². The Morgan fingerprint density at radius 1 is 1.25 bits per heavy atom. The number of aryl methyl sites for hydroxylation is 1. The zero-order chi connectivity index (χ0) is 14.5. The van der Waals surface area contributed by atoms with Gasteiger partial charge in [0.25, 0.3) is 5.91 Å². The molecule has 2 aromatic rings. The highest BCUT2D eigenvalue weighted by Crippen LogP contribution is 2.20. The van der Waals surface area contributed by atoms with E-state index in [1.54, 1.807) is 17.2 Å². The Hall–Kier alpha value is -2.20. The number of para-hydroxylation sites is 1. The number of carbonyl (C=O) groups excluding carboxylic acids is 1. The molecule has 2 N–H and O–H groups in total. The molecular formula is C16H19N3O. The van der Waals surface area contributed by atoms with E-state index in [1.165, 1.54) is 0 Å². The molecular weight excluding hydrogens is 250 g/mol. The van der Waals surface area contributed by atoms with Gasteiger partial charge in [-0.15, -0.1) is 0 Å². The summed E-state index contributed by atoms with van der Waals surface area (Å²) in [6, 6.07) is 11.4. The standard InChI is InChI=1S/C16H19N3O/c1-3-19(15-7-5-4-6-12(15)2)16(20)14-9-8-13(10-17)11-18-14/h4-9,11H,3,10,17H2,1-2H3. The minimum Gasteiger partial charge on any atom is -0.326 e. The maximum absolute atomic E-state index is 12.6. The number of hydrogen-bond acceptors (Lipinski definition) is 3. The predicted molar refractivity (Wildman–Crippen MR) is 80.7 cm³/mol. The lowest BCUT2D eigenvalue weighted by atomic mass is 10.1. The molecule has 2 rings (SSSR count). The Morgan fingerprint density at radius 2 is 2.00 bits per heavy atom. The fourth-order valence-corrected chi connectivity index (χ4v) is 2.10. The molecule has 1 aromatic carbocycles. The van der Waals surface area contributed by atoms with Crippen molar-refractivity contribution in [2.75, 3.05) is 11.4 Å². The largest absolute Gasteiger partial charge is 0.326 e. The first-order valence-electron chi connectivity index (χ1n) is 6.69. The lowest BCUT2D eigenvalue weighted by Gasteiger charge is -2.22. The summed E-state index contributed by atoms with van der Waals surface area (Å²) in [7, 11) is 0. The molecule has 0 saturated carbocycles. The summed E-state index contributed by atoms with van der Waals surface area (Å²) in [5.74, 6) is -0.0922. The molecule has 20 heavy (non-hydrogen) atoms. The van der Waals surface area contributed by atoms with Crippen molar-refractivity contribution in [3.63, 3.8) is 0 Å². The lowest BCUT2D eigenvalue weighted by molar-refractivity contribution is 0.0983. The molecule has 4 nitrogen and oxygen atoms in total. The number of nitrogens with two attached hydrogens (primary N) is 1. The number of pyridine rings is 1. The van der Waals surface area contributed by atoms with Crippen molar-refractivity contribution in [2.45, 2.75) is 20.4 Å². The Kier molecular flexibility index (Phi) is 4.48. The Morgan fingerprint density at radius 3 is 2.55 bits per heavy atom. The third-order valence-corrected chi connectivity index (χ3v) is 3.25. The summed E-state index contributed by atoms with van der Waals surface area (Å²) in [5, 5.41) is 0. The van der Waals surface area contributed by atoms with Crippen molar-refractivity contribution in [3.05, 3.63) is 59.4 Å². The van der Waals surface area contributed by atoms with E-state index in [0.29, 0.717) is 18.8 Å². The van der Waals surface area contributed by atoms with Gasteiger partial charge in [-0.2, -0.15) is 0 Å². The minimum absolute atomic E-state index is 0.0922. The average molecular weight is 269 g/mol. The zero-order valence-electron chi connectivity index (χ0n) is 11.8. The van der Waals surface area contributed by atoms with Gasteiger partial charge in [-0.25, -0.2) is 0 Å². The molecule has 1 amide bonds. The number of rotatable bonds is 4. The van der Waals surface area contributed by atoms with E-state index in [1.807, 2.05) is 44.2 Å². The van der Waals surface area contributed by atoms with E-state index in [4.69, 9.17) is 5.73 Å². The van der Waals surface area contributed by atoms with Crippen LogP contribution in [-0.2, 0) is 6.54 Å². The van der Waals surface area contributed by atoms with E-state index < -0.39 is 0 Å². The third kappa shape index (κ3) is 2.86. The smallest absolute Gasteiger partial charge is 0.276 e. The normalized spacial score (nSPS) is 10.3. The Balaban J connectivity index is 2.31. The van der Waals surface area contributed by atoms with Crippen LogP contribution in [0.2, 0.25) is 0 Å². The maximum Gasteiger partial charge on any atom is 0.276 e. The van der Waals surface area contributed by atoms with E-state index >= 15 is 0 Å². The summed E-state index contributed by atoms with van der Waals surface area (Å²) in [6.07, 6.45) is 1.65. The number of benzene rings is 1. The molecule has 0 aliphatic carbocycles. The van der Waals surface area contributed by atoms with Crippen LogP contribution in [0.5, 0.6) is 0 Å². The van der Waals surface area contributed by atoms with Crippen molar-refractivity contribution in [2.24, 2.45) is 5.73 Å². The second-order valence-electron chi connectivity index (χ2n) is 4.59. The van der Waals surface area contributed by atoms with Crippen LogP contribution in [0.25, 0.3) is 0 Å². The van der Waals surface area contributed by atoms with Gasteiger partial charge in [0.05, 0.1) is 0 Å². The van der Waals surface area contributed by atoms with E-state index in [2.05, 4.69) is 4.98 Å². The van der Waals surface area contributed by atoms with Crippen LogP contribution < -0.4 is 10.6 Å². The van der Waals surface area contributed by atoms with Gasteiger partial charge in [0, 0.05) is 25.0 Å². The fraction of sp³-hybridized carbons (Fsp3) is 0.250. The van der Waals surface area contributed by atoms with Gasteiger partial charge in [0.2, 0.25) is 0 Å². The summed E-state index contributed by atoms with van der Waals surface area (Å²) in [5.41, 5.74) is 8.88. The van der Waals surface area contributed by atoms with E-state index in [-0.39, 0.29) is 5.91 Å². The van der Waals surface area contributed by atoms with Crippen molar-refractivity contribution < 1.29 is 4.79 Å². The first-order chi connectivity index (χ1) is 9.67. The summed E-state index contributed by atoms with van der Waals surface area (Å²) in [6.45, 7) is 4.98. The molecule has 0 saturated heterocycles. The molecule has 0 aliphatic heterocycles. The van der Waals surface area contributed by atoms with Gasteiger partial charge in [0.1, 0.15) is 5.69 Å². The van der Waals surface area contributed by atoms with Gasteiger partial charge < -0.3 is 10.6 Å². The SMILES string of the molecule is CCN(C(=O)c1ccc(CN)cn1)c1ccccc1C. The molecule has 0 fully saturated rings. The number of nitrogens with zero attached hydrogens (tertiary/aromatic N) is 2. The number of aromatic nitrogens is 1. The number of anilines is 1. The van der Waals surface area contributed by atoms with Crippen molar-refractivity contribution in [1.29, 1.82) is 0 Å². The maximum atomic E-state index is 12.6. The molecule has 4 heteroatoms. The van der Waals surface area contributed by atoms with Gasteiger partial charge in [-0.05, 0) is 37.1 Å². The number of carbonyl (C=O) groups is 1. The van der Waals surface area contributed by atoms with Crippen LogP contribution in [0.3, 0.4) is 0 Å². The minimum atomic E-state index is -0.0922. The summed E-state index contributed by atoms with van der Waals surface area (Å²) in [4.78, 5) is 18.5. The van der Waals surface area contributed by atoms with Crippen molar-refractivity contribution >= 4 is 11.6 Å². The van der Waals surface area contributed by atoms with Gasteiger partial charge >= 0.3 is 0 Å². The molecule has 0 spiro atoms.